The fourth-order valence-electron chi connectivity index (χ4n) is 4.94. The second kappa shape index (κ2) is 4.40. The summed E-state index contributed by atoms with van der Waals surface area (Å²) in [6, 6.07) is 0. The van der Waals surface area contributed by atoms with Gasteiger partial charge in [-0.15, -0.1) is 0 Å². The zero-order chi connectivity index (χ0) is 11.9. The van der Waals surface area contributed by atoms with Crippen LogP contribution in [-0.2, 0) is 0 Å². The van der Waals surface area contributed by atoms with Crippen LogP contribution in [0.15, 0.2) is 34.9 Å². The first kappa shape index (κ1) is 11.1. The fourth-order valence-corrected chi connectivity index (χ4v) is 4.94. The first-order chi connectivity index (χ1) is 8.93. The highest BCUT2D eigenvalue weighted by molar-refractivity contribution is 5.48. The molecule has 0 radical (unpaired) electrons. The molecule has 4 aliphatic rings. The van der Waals surface area contributed by atoms with E-state index in [1.165, 1.54) is 57.8 Å². The monoisotopic (exact) mass is 240 g/mol. The lowest BCUT2D eigenvalue weighted by molar-refractivity contribution is 0.290. The highest BCUT2D eigenvalue weighted by atomic mass is 14.4. The Labute approximate surface area is 111 Å². The van der Waals surface area contributed by atoms with E-state index in [1.54, 1.807) is 5.57 Å². The lowest BCUT2D eigenvalue weighted by atomic mass is 9.77. The van der Waals surface area contributed by atoms with Gasteiger partial charge in [-0.1, -0.05) is 36.6 Å². The second-order valence-corrected chi connectivity index (χ2v) is 6.70. The summed E-state index contributed by atoms with van der Waals surface area (Å²) in [6.45, 7) is 0. The van der Waals surface area contributed by atoms with E-state index < -0.39 is 0 Å². The smallest absolute Gasteiger partial charge is 0.0124 e. The van der Waals surface area contributed by atoms with Gasteiger partial charge in [-0.3, -0.25) is 0 Å². The average Bonchev–Trinajstić information content (AvgIpc) is 2.98. The summed E-state index contributed by atoms with van der Waals surface area (Å²) in [7, 11) is 0. The highest BCUT2D eigenvalue weighted by Crippen LogP contribution is 2.53. The minimum absolute atomic E-state index is 0.864. The van der Waals surface area contributed by atoms with E-state index in [1.807, 2.05) is 11.1 Å². The molecule has 4 aliphatic carbocycles. The van der Waals surface area contributed by atoms with Crippen LogP contribution in [0.1, 0.15) is 57.8 Å². The molecular formula is C18H24. The van der Waals surface area contributed by atoms with Crippen molar-refractivity contribution < 1.29 is 0 Å². The van der Waals surface area contributed by atoms with Gasteiger partial charge in [0.15, 0.2) is 0 Å². The summed E-state index contributed by atoms with van der Waals surface area (Å²) in [5.41, 5.74) is 5.50. The van der Waals surface area contributed by atoms with Gasteiger partial charge < -0.3 is 0 Å². The molecule has 0 spiro atoms. The molecule has 0 heteroatoms. The Morgan fingerprint density at radius 1 is 1.00 bits per heavy atom. The number of hydrogen-bond acceptors (Lipinski definition) is 0. The molecule has 1 fully saturated rings. The Morgan fingerprint density at radius 3 is 2.83 bits per heavy atom. The maximum Gasteiger partial charge on any atom is -0.0124 e. The molecule has 18 heavy (non-hydrogen) atoms. The Morgan fingerprint density at radius 2 is 1.94 bits per heavy atom. The Balaban J connectivity index is 1.58. The molecule has 4 rings (SSSR count). The first-order valence-electron chi connectivity index (χ1n) is 8.01. The Bertz CT molecular complexity index is 435. The Hall–Kier alpha value is -0.780. The first-order valence-corrected chi connectivity index (χ1v) is 8.01. The lowest BCUT2D eigenvalue weighted by Crippen LogP contribution is -2.16. The zero-order valence-electron chi connectivity index (χ0n) is 11.3. The summed E-state index contributed by atoms with van der Waals surface area (Å²) in [5.74, 6) is 2.89. The van der Waals surface area contributed by atoms with Gasteiger partial charge in [-0.2, -0.15) is 0 Å². The lowest BCUT2D eigenvalue weighted by Gasteiger charge is -2.27. The van der Waals surface area contributed by atoms with Crippen molar-refractivity contribution in [3.8, 4) is 0 Å². The van der Waals surface area contributed by atoms with E-state index in [0.29, 0.717) is 0 Å². The highest BCUT2D eigenvalue weighted by Gasteiger charge is 2.39. The van der Waals surface area contributed by atoms with Crippen molar-refractivity contribution in [2.45, 2.75) is 57.8 Å². The van der Waals surface area contributed by atoms with E-state index in [-0.39, 0.29) is 0 Å². The third-order valence-electron chi connectivity index (χ3n) is 5.81. The minimum atomic E-state index is 0.864. The van der Waals surface area contributed by atoms with Gasteiger partial charge in [-0.25, -0.2) is 0 Å². The summed E-state index contributed by atoms with van der Waals surface area (Å²) < 4.78 is 0. The number of rotatable bonds is 1. The van der Waals surface area contributed by atoms with E-state index in [4.69, 9.17) is 0 Å². The average molecular weight is 240 g/mol. The van der Waals surface area contributed by atoms with Gasteiger partial charge in [0.2, 0.25) is 0 Å². The van der Waals surface area contributed by atoms with Crippen molar-refractivity contribution in [2.75, 3.05) is 0 Å². The van der Waals surface area contributed by atoms with Gasteiger partial charge in [0.25, 0.3) is 0 Å². The van der Waals surface area contributed by atoms with Crippen LogP contribution in [0, 0.1) is 17.8 Å². The molecule has 0 amide bonds. The predicted molar refractivity (Wildman–Crippen MR) is 76.3 cm³/mol. The van der Waals surface area contributed by atoms with Gasteiger partial charge in [0.1, 0.15) is 0 Å². The van der Waals surface area contributed by atoms with Crippen LogP contribution in [0.5, 0.6) is 0 Å². The quantitative estimate of drug-likeness (QED) is 0.554. The van der Waals surface area contributed by atoms with E-state index in [2.05, 4.69) is 18.2 Å². The van der Waals surface area contributed by atoms with Crippen molar-refractivity contribution in [1.82, 2.24) is 0 Å². The molecule has 0 aliphatic heterocycles. The third-order valence-corrected chi connectivity index (χ3v) is 5.81. The van der Waals surface area contributed by atoms with Crippen LogP contribution in [-0.4, -0.2) is 0 Å². The summed E-state index contributed by atoms with van der Waals surface area (Å²) in [6.07, 6.45) is 20.1. The van der Waals surface area contributed by atoms with Crippen molar-refractivity contribution in [3.05, 3.63) is 34.9 Å². The summed E-state index contributed by atoms with van der Waals surface area (Å²) in [5, 5.41) is 0. The predicted octanol–water partition coefficient (Wildman–Crippen LogP) is 5.18. The second-order valence-electron chi connectivity index (χ2n) is 6.70. The molecule has 0 bridgehead atoms. The minimum Gasteiger partial charge on any atom is -0.0885 e. The van der Waals surface area contributed by atoms with Crippen LogP contribution in [0.25, 0.3) is 0 Å². The maximum atomic E-state index is 2.60. The van der Waals surface area contributed by atoms with Crippen molar-refractivity contribution in [2.24, 2.45) is 17.8 Å². The van der Waals surface area contributed by atoms with Crippen LogP contribution in [0.3, 0.4) is 0 Å². The standard InChI is InChI=1S/C18H24/c1-2-6-13(7-3-1)16-10-11-17-15-9-5-4-8-14(15)12-18(16)17/h1-2,10,13-15H,3-9,11-12H2. The van der Waals surface area contributed by atoms with E-state index in [9.17, 15) is 0 Å². The molecule has 3 atom stereocenters. The van der Waals surface area contributed by atoms with Crippen LogP contribution < -0.4 is 0 Å². The zero-order valence-corrected chi connectivity index (χ0v) is 11.3. The van der Waals surface area contributed by atoms with Gasteiger partial charge in [0.05, 0.1) is 0 Å². The maximum absolute atomic E-state index is 2.60. The van der Waals surface area contributed by atoms with Gasteiger partial charge in [0, 0.05) is 0 Å². The van der Waals surface area contributed by atoms with Crippen molar-refractivity contribution in [1.29, 1.82) is 0 Å². The molecule has 3 unspecified atom stereocenters. The molecule has 96 valence electrons. The van der Waals surface area contributed by atoms with E-state index >= 15 is 0 Å². The molecule has 0 aromatic rings. The normalized spacial score (nSPS) is 38.7. The van der Waals surface area contributed by atoms with Crippen molar-refractivity contribution >= 4 is 0 Å². The topological polar surface area (TPSA) is 0 Å². The molecule has 0 aromatic carbocycles. The molecule has 0 saturated heterocycles. The van der Waals surface area contributed by atoms with Crippen LogP contribution >= 0.6 is 0 Å². The Kier molecular flexibility index (Phi) is 2.71. The molecule has 0 aromatic heterocycles. The molecule has 0 heterocycles. The van der Waals surface area contributed by atoms with E-state index in [0.717, 1.165) is 17.8 Å². The number of fused-ring (bicyclic) bond motifs is 2. The molecular weight excluding hydrogens is 216 g/mol. The molecule has 0 N–H and O–H groups in total. The van der Waals surface area contributed by atoms with Crippen molar-refractivity contribution in [3.63, 3.8) is 0 Å². The number of hydrogen-bond donors (Lipinski definition) is 0. The third kappa shape index (κ3) is 1.65. The fraction of sp³-hybridized carbons (Fsp3) is 0.667. The summed E-state index contributed by atoms with van der Waals surface area (Å²) in [4.78, 5) is 0. The largest absolute Gasteiger partial charge is 0.0885 e. The van der Waals surface area contributed by atoms with Gasteiger partial charge in [-0.05, 0) is 73.8 Å². The van der Waals surface area contributed by atoms with Crippen LogP contribution in [0.2, 0.25) is 0 Å². The summed E-state index contributed by atoms with van der Waals surface area (Å²) >= 11 is 0. The number of allylic oxidation sites excluding steroid dienone is 6. The molecule has 1 saturated carbocycles. The SMILES string of the molecule is C1=CCC(C2=CCC3=C2CC2CCCCC32)CC1. The van der Waals surface area contributed by atoms with Gasteiger partial charge >= 0.3 is 0 Å². The molecule has 0 nitrogen and oxygen atoms in total. The van der Waals surface area contributed by atoms with Crippen LogP contribution in [0.4, 0.5) is 0 Å².